The number of benzene rings is 2. The van der Waals surface area contributed by atoms with Crippen molar-refractivity contribution in [3.05, 3.63) is 76.4 Å². The molecule has 0 saturated carbocycles. The van der Waals surface area contributed by atoms with Gasteiger partial charge in [0, 0.05) is 34.4 Å². The number of hydrogen-bond acceptors (Lipinski definition) is 5. The highest BCUT2D eigenvalue weighted by molar-refractivity contribution is 9.10. The number of ether oxygens (including phenoxy) is 2. The van der Waals surface area contributed by atoms with Gasteiger partial charge in [0.05, 0.1) is 14.2 Å². The van der Waals surface area contributed by atoms with Gasteiger partial charge in [-0.1, -0.05) is 34.1 Å². The van der Waals surface area contributed by atoms with Gasteiger partial charge >= 0.3 is 0 Å². The number of nitrogens with zero attached hydrogens (tertiary/aromatic N) is 3. The van der Waals surface area contributed by atoms with Crippen molar-refractivity contribution in [2.45, 2.75) is 6.54 Å². The van der Waals surface area contributed by atoms with E-state index in [0.29, 0.717) is 35.1 Å². The van der Waals surface area contributed by atoms with Crippen LogP contribution in [0.15, 0.2) is 65.3 Å². The Balaban J connectivity index is 1.54. The van der Waals surface area contributed by atoms with Gasteiger partial charge in [-0.3, -0.25) is 9.20 Å². The zero-order chi connectivity index (χ0) is 21.1. The highest BCUT2D eigenvalue weighted by atomic mass is 79.9. The number of halogens is 1. The maximum Gasteiger partial charge on any atom is 0.251 e. The number of amides is 1. The van der Waals surface area contributed by atoms with E-state index < -0.39 is 0 Å². The number of rotatable bonds is 6. The first-order chi connectivity index (χ1) is 14.6. The first-order valence-corrected chi connectivity index (χ1v) is 9.98. The lowest BCUT2D eigenvalue weighted by molar-refractivity contribution is 0.0951. The first-order valence-electron chi connectivity index (χ1n) is 9.19. The third-order valence-electron chi connectivity index (χ3n) is 4.65. The fourth-order valence-corrected chi connectivity index (χ4v) is 3.57. The van der Waals surface area contributed by atoms with Crippen LogP contribution in [0.5, 0.6) is 11.5 Å². The summed E-state index contributed by atoms with van der Waals surface area (Å²) >= 11 is 3.54. The van der Waals surface area contributed by atoms with E-state index >= 15 is 0 Å². The van der Waals surface area contributed by atoms with Crippen molar-refractivity contribution in [2.75, 3.05) is 14.2 Å². The summed E-state index contributed by atoms with van der Waals surface area (Å²) in [6.07, 6.45) is 1.80. The topological polar surface area (TPSA) is 77.8 Å². The van der Waals surface area contributed by atoms with Gasteiger partial charge in [0.15, 0.2) is 11.5 Å². The van der Waals surface area contributed by atoms with Gasteiger partial charge in [-0.25, -0.2) is 0 Å². The van der Waals surface area contributed by atoms with Crippen LogP contribution in [-0.2, 0) is 6.54 Å². The van der Waals surface area contributed by atoms with E-state index in [1.54, 1.807) is 38.6 Å². The molecule has 4 aromatic rings. The number of pyridine rings is 1. The molecule has 0 spiro atoms. The summed E-state index contributed by atoms with van der Waals surface area (Å²) in [4.78, 5) is 12.7. The summed E-state index contributed by atoms with van der Waals surface area (Å²) in [5.74, 6) is 1.84. The van der Waals surface area contributed by atoms with Crippen LogP contribution in [0.3, 0.4) is 0 Å². The smallest absolute Gasteiger partial charge is 0.251 e. The molecule has 7 nitrogen and oxygen atoms in total. The lowest BCUT2D eigenvalue weighted by Gasteiger charge is -2.10. The highest BCUT2D eigenvalue weighted by Crippen LogP contribution is 2.27. The molecule has 8 heteroatoms. The molecule has 0 unspecified atom stereocenters. The molecule has 1 N–H and O–H groups in total. The van der Waals surface area contributed by atoms with E-state index in [9.17, 15) is 4.79 Å². The summed E-state index contributed by atoms with van der Waals surface area (Å²) in [5.41, 5.74) is 2.90. The Bertz CT molecular complexity index is 1200. The number of carbonyl (C=O) groups excluding carboxylic acids is 1. The molecule has 2 aromatic carbocycles. The fraction of sp³-hybridized carbons (Fsp3) is 0.136. The Morgan fingerprint density at radius 3 is 2.47 bits per heavy atom. The van der Waals surface area contributed by atoms with E-state index in [1.165, 1.54) is 0 Å². The molecule has 1 amide bonds. The molecule has 0 fully saturated rings. The van der Waals surface area contributed by atoms with E-state index in [0.717, 1.165) is 15.6 Å². The standard InChI is InChI=1S/C22H19BrN4O3/c1-29-16-9-14(10-17(12-16)30-2)13-24-22(28)15-7-8-27-20(11-15)25-26-21(27)18-5-3-4-6-19(18)23/h3-12H,13H2,1-2H3,(H,24,28). The van der Waals surface area contributed by atoms with Crippen molar-refractivity contribution in [1.29, 1.82) is 0 Å². The van der Waals surface area contributed by atoms with E-state index in [-0.39, 0.29) is 5.91 Å². The molecule has 2 aromatic heterocycles. The molecule has 0 atom stereocenters. The van der Waals surface area contributed by atoms with Gasteiger partial charge < -0.3 is 14.8 Å². The minimum absolute atomic E-state index is 0.204. The van der Waals surface area contributed by atoms with Crippen molar-refractivity contribution < 1.29 is 14.3 Å². The molecule has 4 rings (SSSR count). The van der Waals surface area contributed by atoms with Crippen LogP contribution in [0.1, 0.15) is 15.9 Å². The summed E-state index contributed by atoms with van der Waals surface area (Å²) < 4.78 is 13.3. The summed E-state index contributed by atoms with van der Waals surface area (Å²) in [6.45, 7) is 0.340. The predicted molar refractivity (Wildman–Crippen MR) is 117 cm³/mol. The molecule has 0 saturated heterocycles. The van der Waals surface area contributed by atoms with Crippen LogP contribution < -0.4 is 14.8 Å². The third kappa shape index (κ3) is 3.99. The number of carbonyl (C=O) groups is 1. The largest absolute Gasteiger partial charge is 0.497 e. The monoisotopic (exact) mass is 466 g/mol. The normalized spacial score (nSPS) is 10.8. The van der Waals surface area contributed by atoms with Crippen LogP contribution in [0.2, 0.25) is 0 Å². The van der Waals surface area contributed by atoms with Crippen molar-refractivity contribution >= 4 is 27.5 Å². The Labute approximate surface area is 181 Å². The first kappa shape index (κ1) is 19.9. The van der Waals surface area contributed by atoms with Gasteiger partial charge in [-0.15, -0.1) is 10.2 Å². The molecule has 152 valence electrons. The molecule has 2 heterocycles. The van der Waals surface area contributed by atoms with E-state index in [4.69, 9.17) is 9.47 Å². The molecule has 0 aliphatic carbocycles. The van der Waals surface area contributed by atoms with E-state index in [2.05, 4.69) is 31.4 Å². The maximum absolute atomic E-state index is 12.7. The average Bonchev–Trinajstić information content (AvgIpc) is 3.20. The van der Waals surface area contributed by atoms with Gasteiger partial charge in [0.25, 0.3) is 5.91 Å². The number of nitrogens with one attached hydrogen (secondary N) is 1. The molecular weight excluding hydrogens is 448 g/mol. The SMILES string of the molecule is COc1cc(CNC(=O)c2ccn3c(-c4ccccc4Br)nnc3c2)cc(OC)c1. The Morgan fingerprint density at radius 1 is 1.03 bits per heavy atom. The summed E-state index contributed by atoms with van der Waals surface area (Å²) in [5, 5.41) is 11.4. The number of hydrogen-bond donors (Lipinski definition) is 1. The predicted octanol–water partition coefficient (Wildman–Crippen LogP) is 4.11. The number of methoxy groups -OCH3 is 2. The highest BCUT2D eigenvalue weighted by Gasteiger charge is 2.13. The minimum Gasteiger partial charge on any atom is -0.497 e. The van der Waals surface area contributed by atoms with Gasteiger partial charge in [0.2, 0.25) is 0 Å². The van der Waals surface area contributed by atoms with Crippen LogP contribution in [0, 0.1) is 0 Å². The van der Waals surface area contributed by atoms with Gasteiger partial charge in [-0.2, -0.15) is 0 Å². The maximum atomic E-state index is 12.7. The van der Waals surface area contributed by atoms with Crippen LogP contribution in [0.4, 0.5) is 0 Å². The van der Waals surface area contributed by atoms with Crippen LogP contribution >= 0.6 is 15.9 Å². The van der Waals surface area contributed by atoms with Crippen LogP contribution in [-0.4, -0.2) is 34.7 Å². The Kier molecular flexibility index (Phi) is 5.67. The summed E-state index contributed by atoms with van der Waals surface area (Å²) in [7, 11) is 3.18. The molecule has 30 heavy (non-hydrogen) atoms. The number of aromatic nitrogens is 3. The quantitative estimate of drug-likeness (QED) is 0.462. The Hall–Kier alpha value is -3.39. The second kappa shape index (κ2) is 8.54. The van der Waals surface area contributed by atoms with Crippen molar-refractivity contribution in [3.8, 4) is 22.9 Å². The van der Waals surface area contributed by atoms with Crippen molar-refractivity contribution in [2.24, 2.45) is 0 Å². The second-order valence-corrected chi connectivity index (χ2v) is 7.40. The van der Waals surface area contributed by atoms with E-state index in [1.807, 2.05) is 40.8 Å². The molecule has 0 aliphatic rings. The van der Waals surface area contributed by atoms with Crippen LogP contribution in [0.25, 0.3) is 17.0 Å². The minimum atomic E-state index is -0.204. The van der Waals surface area contributed by atoms with Gasteiger partial charge in [0.1, 0.15) is 11.5 Å². The lowest BCUT2D eigenvalue weighted by atomic mass is 10.2. The van der Waals surface area contributed by atoms with Gasteiger partial charge in [-0.05, 0) is 35.9 Å². The molecule has 0 radical (unpaired) electrons. The number of fused-ring (bicyclic) bond motifs is 1. The lowest BCUT2D eigenvalue weighted by Crippen LogP contribution is -2.23. The zero-order valence-electron chi connectivity index (χ0n) is 16.4. The molecule has 0 bridgehead atoms. The van der Waals surface area contributed by atoms with Crippen molar-refractivity contribution in [1.82, 2.24) is 19.9 Å². The third-order valence-corrected chi connectivity index (χ3v) is 5.34. The Morgan fingerprint density at radius 2 is 1.77 bits per heavy atom. The van der Waals surface area contributed by atoms with Crippen molar-refractivity contribution in [3.63, 3.8) is 0 Å². The summed E-state index contributed by atoms with van der Waals surface area (Å²) in [6, 6.07) is 16.8. The second-order valence-electron chi connectivity index (χ2n) is 6.55. The molecular formula is C22H19BrN4O3. The molecule has 0 aliphatic heterocycles. The fourth-order valence-electron chi connectivity index (χ4n) is 3.11. The average molecular weight is 467 g/mol. The zero-order valence-corrected chi connectivity index (χ0v) is 18.0.